The SMILES string of the molecule is O=C(O)c1c(N2CCN(c3ccccn3)CC2)noc1-c1ccc(Cl)cc1. The van der Waals surface area contributed by atoms with E-state index < -0.39 is 5.97 Å². The molecule has 0 bridgehead atoms. The number of hydrogen-bond donors (Lipinski definition) is 1. The number of halogens is 1. The Morgan fingerprint density at radius 2 is 1.74 bits per heavy atom. The molecule has 0 atom stereocenters. The predicted molar refractivity (Wildman–Crippen MR) is 103 cm³/mol. The standard InChI is InChI=1S/C19H17ClN4O3/c20-14-6-4-13(5-7-14)17-16(19(25)26)18(22-27-17)24-11-9-23(10-12-24)15-3-1-2-8-21-15/h1-8H,9-12H2,(H,25,26). The van der Waals surface area contributed by atoms with Crippen molar-refractivity contribution in [2.24, 2.45) is 0 Å². The Balaban J connectivity index is 1.58. The lowest BCUT2D eigenvalue weighted by atomic mass is 10.1. The summed E-state index contributed by atoms with van der Waals surface area (Å²) in [6.45, 7) is 2.70. The van der Waals surface area contributed by atoms with Gasteiger partial charge in [-0.25, -0.2) is 9.78 Å². The van der Waals surface area contributed by atoms with Crippen LogP contribution in [0.5, 0.6) is 0 Å². The Labute approximate surface area is 160 Å². The minimum atomic E-state index is -1.07. The highest BCUT2D eigenvalue weighted by Crippen LogP contribution is 2.32. The summed E-state index contributed by atoms with van der Waals surface area (Å²) in [5, 5.41) is 14.4. The fourth-order valence-electron chi connectivity index (χ4n) is 3.18. The van der Waals surface area contributed by atoms with E-state index in [1.807, 2.05) is 23.1 Å². The quantitative estimate of drug-likeness (QED) is 0.737. The van der Waals surface area contributed by atoms with Gasteiger partial charge < -0.3 is 19.4 Å². The number of carbonyl (C=O) groups is 1. The van der Waals surface area contributed by atoms with E-state index >= 15 is 0 Å². The molecule has 3 aromatic rings. The summed E-state index contributed by atoms with van der Waals surface area (Å²) >= 11 is 5.91. The normalized spacial score (nSPS) is 14.4. The first-order valence-electron chi connectivity index (χ1n) is 8.53. The third kappa shape index (κ3) is 3.46. The third-order valence-corrected chi connectivity index (χ3v) is 4.80. The summed E-state index contributed by atoms with van der Waals surface area (Å²) in [5.41, 5.74) is 0.700. The molecule has 1 aromatic carbocycles. The summed E-state index contributed by atoms with van der Waals surface area (Å²) in [5.74, 6) is 0.440. The molecule has 3 heterocycles. The summed E-state index contributed by atoms with van der Waals surface area (Å²) < 4.78 is 5.41. The van der Waals surface area contributed by atoms with Crippen LogP contribution < -0.4 is 9.80 Å². The van der Waals surface area contributed by atoms with Gasteiger partial charge in [-0.3, -0.25) is 0 Å². The van der Waals surface area contributed by atoms with Crippen LogP contribution in [0.1, 0.15) is 10.4 Å². The van der Waals surface area contributed by atoms with Crippen LogP contribution >= 0.6 is 11.6 Å². The third-order valence-electron chi connectivity index (χ3n) is 4.55. The van der Waals surface area contributed by atoms with Gasteiger partial charge in [0.2, 0.25) is 0 Å². The largest absolute Gasteiger partial charge is 0.477 e. The van der Waals surface area contributed by atoms with Gasteiger partial charge in [0.1, 0.15) is 5.82 Å². The second-order valence-electron chi connectivity index (χ2n) is 6.18. The lowest BCUT2D eigenvalue weighted by molar-refractivity contribution is 0.0698. The molecule has 27 heavy (non-hydrogen) atoms. The number of benzene rings is 1. The van der Waals surface area contributed by atoms with Crippen molar-refractivity contribution in [2.45, 2.75) is 0 Å². The molecule has 1 aliphatic heterocycles. The number of nitrogens with zero attached hydrogens (tertiary/aromatic N) is 4. The molecule has 0 radical (unpaired) electrons. The van der Waals surface area contributed by atoms with E-state index in [1.165, 1.54) is 0 Å². The zero-order valence-electron chi connectivity index (χ0n) is 14.4. The van der Waals surface area contributed by atoms with Crippen molar-refractivity contribution < 1.29 is 14.4 Å². The molecule has 7 nitrogen and oxygen atoms in total. The van der Waals surface area contributed by atoms with Gasteiger partial charge in [0.25, 0.3) is 0 Å². The highest BCUT2D eigenvalue weighted by atomic mass is 35.5. The first-order chi connectivity index (χ1) is 13.1. The van der Waals surface area contributed by atoms with E-state index in [1.54, 1.807) is 30.5 Å². The summed E-state index contributed by atoms with van der Waals surface area (Å²) in [7, 11) is 0. The van der Waals surface area contributed by atoms with Crippen molar-refractivity contribution in [3.8, 4) is 11.3 Å². The molecule has 4 rings (SSSR count). The van der Waals surface area contributed by atoms with Crippen LogP contribution in [-0.4, -0.2) is 47.4 Å². The Morgan fingerprint density at radius 3 is 2.37 bits per heavy atom. The van der Waals surface area contributed by atoms with Crippen molar-refractivity contribution in [1.29, 1.82) is 0 Å². The fraction of sp³-hybridized carbons (Fsp3) is 0.211. The van der Waals surface area contributed by atoms with Crippen LogP contribution in [0.25, 0.3) is 11.3 Å². The molecule has 1 saturated heterocycles. The van der Waals surface area contributed by atoms with Crippen LogP contribution in [0, 0.1) is 0 Å². The minimum absolute atomic E-state index is 0.0728. The molecule has 1 aliphatic rings. The van der Waals surface area contributed by atoms with E-state index in [9.17, 15) is 9.90 Å². The van der Waals surface area contributed by atoms with E-state index in [-0.39, 0.29) is 11.3 Å². The summed E-state index contributed by atoms with van der Waals surface area (Å²) in [6.07, 6.45) is 1.76. The van der Waals surface area contributed by atoms with E-state index in [0.29, 0.717) is 29.5 Å². The Morgan fingerprint density at radius 1 is 1.04 bits per heavy atom. The number of carboxylic acid groups (broad SMARTS) is 1. The lowest BCUT2D eigenvalue weighted by Gasteiger charge is -2.35. The van der Waals surface area contributed by atoms with Gasteiger partial charge in [-0.15, -0.1) is 0 Å². The Bertz CT molecular complexity index is 935. The summed E-state index contributed by atoms with van der Waals surface area (Å²) in [6, 6.07) is 12.6. The van der Waals surface area contributed by atoms with E-state index in [0.717, 1.165) is 18.9 Å². The topological polar surface area (TPSA) is 82.7 Å². The van der Waals surface area contributed by atoms with Crippen LogP contribution in [0.2, 0.25) is 5.02 Å². The maximum Gasteiger partial charge on any atom is 0.343 e. The highest BCUT2D eigenvalue weighted by molar-refractivity contribution is 6.30. The van der Waals surface area contributed by atoms with Crippen molar-refractivity contribution in [1.82, 2.24) is 10.1 Å². The van der Waals surface area contributed by atoms with Crippen molar-refractivity contribution in [3.05, 3.63) is 59.2 Å². The van der Waals surface area contributed by atoms with Gasteiger partial charge in [-0.1, -0.05) is 22.8 Å². The van der Waals surface area contributed by atoms with Gasteiger partial charge >= 0.3 is 5.97 Å². The van der Waals surface area contributed by atoms with Gasteiger partial charge in [-0.2, -0.15) is 0 Å². The van der Waals surface area contributed by atoms with E-state index in [4.69, 9.17) is 16.1 Å². The van der Waals surface area contributed by atoms with Crippen molar-refractivity contribution >= 4 is 29.2 Å². The fourth-order valence-corrected chi connectivity index (χ4v) is 3.30. The molecule has 8 heteroatoms. The minimum Gasteiger partial charge on any atom is -0.477 e. The maximum absolute atomic E-state index is 11.9. The van der Waals surface area contributed by atoms with Gasteiger partial charge in [0, 0.05) is 43.0 Å². The second-order valence-corrected chi connectivity index (χ2v) is 6.62. The molecular formula is C19H17ClN4O3. The zero-order chi connectivity index (χ0) is 18.8. The zero-order valence-corrected chi connectivity index (χ0v) is 15.1. The smallest absolute Gasteiger partial charge is 0.343 e. The molecule has 0 aliphatic carbocycles. The monoisotopic (exact) mass is 384 g/mol. The van der Waals surface area contributed by atoms with Crippen molar-refractivity contribution in [3.63, 3.8) is 0 Å². The predicted octanol–water partition coefficient (Wildman–Crippen LogP) is 3.41. The van der Waals surface area contributed by atoms with Crippen molar-refractivity contribution in [2.75, 3.05) is 36.0 Å². The molecule has 1 fully saturated rings. The number of piperazine rings is 1. The molecule has 0 saturated carbocycles. The second kappa shape index (κ2) is 7.28. The number of anilines is 2. The molecule has 2 aromatic heterocycles. The molecule has 0 spiro atoms. The number of pyridine rings is 1. The number of hydrogen-bond acceptors (Lipinski definition) is 6. The van der Waals surface area contributed by atoms with Crippen LogP contribution in [0.3, 0.4) is 0 Å². The molecule has 1 N–H and O–H groups in total. The number of rotatable bonds is 4. The first kappa shape index (κ1) is 17.4. The first-order valence-corrected chi connectivity index (χ1v) is 8.91. The number of carboxylic acids is 1. The van der Waals surface area contributed by atoms with Gasteiger partial charge in [0.15, 0.2) is 17.1 Å². The number of aromatic carboxylic acids is 1. The molecular weight excluding hydrogens is 368 g/mol. The van der Waals surface area contributed by atoms with Gasteiger partial charge in [-0.05, 0) is 36.4 Å². The Kier molecular flexibility index (Phi) is 4.68. The van der Waals surface area contributed by atoms with Gasteiger partial charge in [0.05, 0.1) is 0 Å². The van der Waals surface area contributed by atoms with Crippen LogP contribution in [0.4, 0.5) is 11.6 Å². The molecule has 0 unspecified atom stereocenters. The maximum atomic E-state index is 11.9. The van der Waals surface area contributed by atoms with Crippen LogP contribution in [0.15, 0.2) is 53.2 Å². The molecule has 138 valence electrons. The molecule has 0 amide bonds. The number of aromatic nitrogens is 2. The average Bonchev–Trinajstić information content (AvgIpc) is 3.15. The summed E-state index contributed by atoms with van der Waals surface area (Å²) in [4.78, 5) is 20.4. The van der Waals surface area contributed by atoms with Crippen LogP contribution in [-0.2, 0) is 0 Å². The Hall–Kier alpha value is -3.06. The lowest BCUT2D eigenvalue weighted by Crippen LogP contribution is -2.47. The highest BCUT2D eigenvalue weighted by Gasteiger charge is 2.29. The average molecular weight is 385 g/mol. The van der Waals surface area contributed by atoms with E-state index in [2.05, 4.69) is 15.0 Å².